The molecule has 2 saturated heterocycles. The van der Waals surface area contributed by atoms with Gasteiger partial charge in [-0.3, -0.25) is 14.5 Å². The van der Waals surface area contributed by atoms with Gasteiger partial charge in [-0.15, -0.1) is 0 Å². The quantitative estimate of drug-likeness (QED) is 0.237. The summed E-state index contributed by atoms with van der Waals surface area (Å²) >= 11 is 0. The van der Waals surface area contributed by atoms with Gasteiger partial charge in [0.15, 0.2) is 0 Å². The summed E-state index contributed by atoms with van der Waals surface area (Å²) in [6, 6.07) is 22.4. The van der Waals surface area contributed by atoms with Crippen LogP contribution in [-0.4, -0.2) is 66.0 Å². The Kier molecular flexibility index (Phi) is 8.63. The lowest BCUT2D eigenvalue weighted by atomic mass is 9.94. The van der Waals surface area contributed by atoms with Gasteiger partial charge < -0.3 is 19.5 Å². The number of aliphatic hydroxyl groups is 1. The summed E-state index contributed by atoms with van der Waals surface area (Å²) in [6.45, 7) is 8.46. The molecule has 208 valence electrons. The Morgan fingerprint density at radius 2 is 1.68 bits per heavy atom. The molecule has 2 heterocycles. The van der Waals surface area contributed by atoms with E-state index >= 15 is 0 Å². The summed E-state index contributed by atoms with van der Waals surface area (Å²) in [5, 5.41) is 11.4. The first-order valence-electron chi connectivity index (χ1n) is 13.9. The lowest BCUT2D eigenvalue weighted by molar-refractivity contribution is -0.140. The molecule has 0 saturated carbocycles. The van der Waals surface area contributed by atoms with Crippen LogP contribution in [0, 0.1) is 6.92 Å². The van der Waals surface area contributed by atoms with Gasteiger partial charge in [0.05, 0.1) is 24.8 Å². The minimum Gasteiger partial charge on any atom is -0.507 e. The van der Waals surface area contributed by atoms with Gasteiger partial charge in [-0.1, -0.05) is 61.0 Å². The fraction of sp³-hybridized carbons (Fsp3) is 0.333. The van der Waals surface area contributed by atoms with Crippen LogP contribution in [0.1, 0.15) is 40.8 Å². The van der Waals surface area contributed by atoms with Crippen molar-refractivity contribution >= 4 is 17.4 Å². The number of hydrogen-bond donors (Lipinski definition) is 1. The predicted octanol–water partition coefficient (Wildman–Crippen LogP) is 4.89. The van der Waals surface area contributed by atoms with Gasteiger partial charge in [0.25, 0.3) is 11.7 Å². The zero-order chi connectivity index (χ0) is 28.1. The maximum Gasteiger partial charge on any atom is 0.295 e. The largest absolute Gasteiger partial charge is 0.507 e. The molecule has 2 aliphatic rings. The van der Waals surface area contributed by atoms with E-state index in [1.807, 2.05) is 49.4 Å². The average molecular weight is 541 g/mol. The van der Waals surface area contributed by atoms with Crippen LogP contribution in [0.25, 0.3) is 5.76 Å². The van der Waals surface area contributed by atoms with Crippen LogP contribution in [0.4, 0.5) is 0 Å². The molecule has 0 aliphatic carbocycles. The Hall–Kier alpha value is -3.94. The minimum atomic E-state index is -0.663. The maximum absolute atomic E-state index is 13.4. The number of aryl methyl sites for hydroxylation is 2. The lowest BCUT2D eigenvalue weighted by Gasteiger charge is -2.31. The molecular formula is C33H36N2O5. The van der Waals surface area contributed by atoms with Gasteiger partial charge in [-0.05, 0) is 54.3 Å². The first kappa shape index (κ1) is 27.6. The summed E-state index contributed by atoms with van der Waals surface area (Å²) in [6.07, 6.45) is 0.885. The highest BCUT2D eigenvalue weighted by Crippen LogP contribution is 2.39. The van der Waals surface area contributed by atoms with Crippen LogP contribution in [0.15, 0.2) is 78.4 Å². The fourth-order valence-corrected chi connectivity index (χ4v) is 5.30. The second-order valence-electron chi connectivity index (χ2n) is 10.3. The molecule has 7 heteroatoms. The first-order valence-corrected chi connectivity index (χ1v) is 13.9. The van der Waals surface area contributed by atoms with Gasteiger partial charge in [0.2, 0.25) is 0 Å². The Balaban J connectivity index is 1.41. The number of morpholine rings is 1. The number of carbonyl (C=O) groups excluding carboxylic acids is 2. The molecule has 3 aromatic rings. The summed E-state index contributed by atoms with van der Waals surface area (Å²) < 4.78 is 11.4. The SMILES string of the molecule is CCc1ccc(C2C(=C(O)c3ccc(OCc4cccc(C)c4)cc3)C(=O)C(=O)N2CCN2CCOCC2)cc1. The topological polar surface area (TPSA) is 79.3 Å². The van der Waals surface area contributed by atoms with Crippen molar-refractivity contribution in [2.45, 2.75) is 32.9 Å². The number of carbonyl (C=O) groups is 2. The number of hydrogen-bond acceptors (Lipinski definition) is 6. The van der Waals surface area contributed by atoms with Crippen LogP contribution in [0.2, 0.25) is 0 Å². The van der Waals surface area contributed by atoms with E-state index in [1.54, 1.807) is 29.2 Å². The van der Waals surface area contributed by atoms with Crippen molar-refractivity contribution in [2.24, 2.45) is 0 Å². The van der Waals surface area contributed by atoms with E-state index in [4.69, 9.17) is 9.47 Å². The third-order valence-corrected chi connectivity index (χ3v) is 7.62. The van der Waals surface area contributed by atoms with E-state index in [2.05, 4.69) is 17.9 Å². The number of nitrogens with zero attached hydrogens (tertiary/aromatic N) is 2. The molecule has 1 N–H and O–H groups in total. The Morgan fingerprint density at radius 3 is 2.35 bits per heavy atom. The van der Waals surface area contributed by atoms with Crippen molar-refractivity contribution in [1.82, 2.24) is 9.80 Å². The van der Waals surface area contributed by atoms with E-state index in [0.29, 0.717) is 44.2 Å². The third-order valence-electron chi connectivity index (χ3n) is 7.62. The van der Waals surface area contributed by atoms with Gasteiger partial charge >= 0.3 is 0 Å². The molecule has 0 aromatic heterocycles. The predicted molar refractivity (Wildman–Crippen MR) is 154 cm³/mol. The van der Waals surface area contributed by atoms with Crippen molar-refractivity contribution in [1.29, 1.82) is 0 Å². The summed E-state index contributed by atoms with van der Waals surface area (Å²) in [5.74, 6) is -0.779. The van der Waals surface area contributed by atoms with E-state index in [-0.39, 0.29) is 11.3 Å². The highest BCUT2D eigenvalue weighted by Gasteiger charge is 2.46. The average Bonchev–Trinajstić information content (AvgIpc) is 3.24. The fourth-order valence-electron chi connectivity index (χ4n) is 5.30. The molecule has 5 rings (SSSR count). The van der Waals surface area contributed by atoms with Crippen LogP contribution >= 0.6 is 0 Å². The molecule has 0 bridgehead atoms. The lowest BCUT2D eigenvalue weighted by Crippen LogP contribution is -2.42. The molecule has 1 atom stereocenters. The number of likely N-dealkylation sites (tertiary alicyclic amines) is 1. The molecule has 1 unspecified atom stereocenters. The van der Waals surface area contributed by atoms with Crippen molar-refractivity contribution < 1.29 is 24.2 Å². The van der Waals surface area contributed by atoms with Crippen molar-refractivity contribution in [3.8, 4) is 5.75 Å². The van der Waals surface area contributed by atoms with E-state index in [9.17, 15) is 14.7 Å². The van der Waals surface area contributed by atoms with E-state index in [0.717, 1.165) is 36.2 Å². The van der Waals surface area contributed by atoms with Crippen molar-refractivity contribution in [2.75, 3.05) is 39.4 Å². The Bertz CT molecular complexity index is 1370. The highest BCUT2D eigenvalue weighted by molar-refractivity contribution is 6.46. The number of benzene rings is 3. The second kappa shape index (κ2) is 12.5. The highest BCUT2D eigenvalue weighted by atomic mass is 16.5. The number of aliphatic hydroxyl groups excluding tert-OH is 1. The molecule has 2 fully saturated rings. The van der Waals surface area contributed by atoms with Crippen LogP contribution in [-0.2, 0) is 27.4 Å². The molecule has 3 aromatic carbocycles. The Morgan fingerprint density at radius 1 is 0.950 bits per heavy atom. The molecule has 0 radical (unpaired) electrons. The number of amides is 1. The minimum absolute atomic E-state index is 0.115. The normalized spacial score (nSPS) is 19.2. The Labute approximate surface area is 235 Å². The molecule has 1 amide bonds. The molecule has 40 heavy (non-hydrogen) atoms. The van der Waals surface area contributed by atoms with Gasteiger partial charge in [0.1, 0.15) is 18.1 Å². The smallest absolute Gasteiger partial charge is 0.295 e. The van der Waals surface area contributed by atoms with Crippen LogP contribution < -0.4 is 4.74 Å². The third kappa shape index (κ3) is 6.11. The summed E-state index contributed by atoms with van der Waals surface area (Å²) in [7, 11) is 0. The maximum atomic E-state index is 13.4. The summed E-state index contributed by atoms with van der Waals surface area (Å²) in [5.41, 5.74) is 4.78. The molecule has 2 aliphatic heterocycles. The number of ketones is 1. The van der Waals surface area contributed by atoms with Crippen molar-refractivity contribution in [3.05, 3.63) is 106 Å². The number of rotatable bonds is 9. The number of ether oxygens (including phenoxy) is 2. The summed E-state index contributed by atoms with van der Waals surface area (Å²) in [4.78, 5) is 30.5. The van der Waals surface area contributed by atoms with E-state index in [1.165, 1.54) is 5.56 Å². The monoisotopic (exact) mass is 540 g/mol. The van der Waals surface area contributed by atoms with Crippen LogP contribution in [0.5, 0.6) is 5.75 Å². The van der Waals surface area contributed by atoms with Gasteiger partial charge in [-0.25, -0.2) is 0 Å². The number of Topliss-reactive ketones (excluding diaryl/α,β-unsaturated/α-hetero) is 1. The second-order valence-corrected chi connectivity index (χ2v) is 10.3. The zero-order valence-corrected chi connectivity index (χ0v) is 23.1. The molecule has 0 spiro atoms. The van der Waals surface area contributed by atoms with Crippen LogP contribution in [0.3, 0.4) is 0 Å². The van der Waals surface area contributed by atoms with Gasteiger partial charge in [-0.2, -0.15) is 0 Å². The molecular weight excluding hydrogens is 504 g/mol. The zero-order valence-electron chi connectivity index (χ0n) is 23.1. The van der Waals surface area contributed by atoms with Crippen molar-refractivity contribution in [3.63, 3.8) is 0 Å². The standard InChI is InChI=1S/C33H36N2O5/c1-3-24-7-9-26(10-8-24)30-29(32(37)33(38)35(30)16-15-34-17-19-39-20-18-34)31(36)27-11-13-28(14-12-27)40-22-25-6-4-5-23(2)21-25/h4-14,21,30,36H,3,15-20,22H2,1-2H3. The van der Waals surface area contributed by atoms with E-state index < -0.39 is 17.7 Å². The molecule has 7 nitrogen and oxygen atoms in total. The van der Waals surface area contributed by atoms with Gasteiger partial charge in [0, 0.05) is 31.7 Å². The first-order chi connectivity index (χ1) is 19.4.